The highest BCUT2D eigenvalue weighted by molar-refractivity contribution is 7.89. The molecule has 0 bridgehead atoms. The van der Waals surface area contributed by atoms with Gasteiger partial charge in [0.15, 0.2) is 5.82 Å². The van der Waals surface area contributed by atoms with E-state index in [2.05, 4.69) is 28.7 Å². The lowest BCUT2D eigenvalue weighted by Gasteiger charge is -2.10. The summed E-state index contributed by atoms with van der Waals surface area (Å²) in [6, 6.07) is 7.09. The van der Waals surface area contributed by atoms with Crippen molar-refractivity contribution >= 4 is 10.0 Å². The Morgan fingerprint density at radius 2 is 1.84 bits per heavy atom. The molecule has 1 aromatic carbocycles. The Bertz CT molecular complexity index is 767. The molecule has 0 aliphatic carbocycles. The predicted octanol–water partition coefficient (Wildman–Crippen LogP) is 3.62. The van der Waals surface area contributed by atoms with E-state index in [9.17, 15) is 8.42 Å². The Balaban J connectivity index is 1.86. The maximum atomic E-state index is 12.3. The van der Waals surface area contributed by atoms with Gasteiger partial charge in [0, 0.05) is 18.9 Å². The molecule has 0 saturated carbocycles. The van der Waals surface area contributed by atoms with Gasteiger partial charge in [0.1, 0.15) is 0 Å². The van der Waals surface area contributed by atoms with Gasteiger partial charge in [-0.2, -0.15) is 4.98 Å². The first-order valence-electron chi connectivity index (χ1n) is 8.75. The summed E-state index contributed by atoms with van der Waals surface area (Å²) < 4.78 is 32.4. The summed E-state index contributed by atoms with van der Waals surface area (Å²) in [5.41, 5.74) is 1.15. The van der Waals surface area contributed by atoms with E-state index in [0.717, 1.165) is 12.0 Å². The van der Waals surface area contributed by atoms with Crippen LogP contribution in [0.5, 0.6) is 0 Å². The van der Waals surface area contributed by atoms with Crippen LogP contribution in [0.25, 0.3) is 0 Å². The molecule has 1 N–H and O–H groups in total. The van der Waals surface area contributed by atoms with Crippen molar-refractivity contribution < 1.29 is 12.9 Å². The summed E-state index contributed by atoms with van der Waals surface area (Å²) >= 11 is 0. The SMILES string of the molecule is CC[C@@H](C)c1ccc(S(=O)(=O)NCCCc2nc(C(C)C)no2)cc1. The molecule has 0 radical (unpaired) electrons. The highest BCUT2D eigenvalue weighted by Gasteiger charge is 2.15. The number of benzene rings is 1. The summed E-state index contributed by atoms with van der Waals surface area (Å²) in [6.07, 6.45) is 2.18. The molecule has 2 aromatic rings. The summed E-state index contributed by atoms with van der Waals surface area (Å²) in [6.45, 7) is 8.56. The highest BCUT2D eigenvalue weighted by Crippen LogP contribution is 2.20. The van der Waals surface area contributed by atoms with Crippen LogP contribution in [0.3, 0.4) is 0 Å². The van der Waals surface area contributed by atoms with Gasteiger partial charge in [-0.1, -0.05) is 45.0 Å². The molecule has 0 saturated heterocycles. The topological polar surface area (TPSA) is 85.1 Å². The fourth-order valence-electron chi connectivity index (χ4n) is 2.34. The molecule has 0 aliphatic heterocycles. The van der Waals surface area contributed by atoms with Crippen molar-refractivity contribution in [3.05, 3.63) is 41.5 Å². The van der Waals surface area contributed by atoms with Gasteiger partial charge in [-0.25, -0.2) is 13.1 Å². The van der Waals surface area contributed by atoms with Crippen molar-refractivity contribution in [3.8, 4) is 0 Å². The van der Waals surface area contributed by atoms with E-state index in [1.54, 1.807) is 12.1 Å². The molecule has 1 aromatic heterocycles. The molecule has 0 spiro atoms. The van der Waals surface area contributed by atoms with Gasteiger partial charge in [0.05, 0.1) is 4.90 Å². The van der Waals surface area contributed by atoms with Gasteiger partial charge in [-0.3, -0.25) is 0 Å². The minimum Gasteiger partial charge on any atom is -0.339 e. The van der Waals surface area contributed by atoms with Crippen LogP contribution in [0.2, 0.25) is 0 Å². The number of hydrogen-bond donors (Lipinski definition) is 1. The van der Waals surface area contributed by atoms with Crippen LogP contribution in [-0.4, -0.2) is 25.1 Å². The first kappa shape index (κ1) is 19.6. The van der Waals surface area contributed by atoms with Crippen LogP contribution in [-0.2, 0) is 16.4 Å². The van der Waals surface area contributed by atoms with Crippen LogP contribution >= 0.6 is 0 Å². The maximum Gasteiger partial charge on any atom is 0.240 e. The zero-order valence-electron chi connectivity index (χ0n) is 15.3. The number of nitrogens with zero attached hydrogens (tertiary/aromatic N) is 2. The van der Waals surface area contributed by atoms with Crippen molar-refractivity contribution in [2.75, 3.05) is 6.54 Å². The predicted molar refractivity (Wildman–Crippen MR) is 97.0 cm³/mol. The lowest BCUT2D eigenvalue weighted by atomic mass is 9.99. The molecule has 2 rings (SSSR count). The lowest BCUT2D eigenvalue weighted by molar-refractivity contribution is 0.368. The average molecular weight is 365 g/mol. The molecule has 1 heterocycles. The molecule has 0 aliphatic rings. The van der Waals surface area contributed by atoms with Gasteiger partial charge in [0.25, 0.3) is 0 Å². The van der Waals surface area contributed by atoms with E-state index in [1.807, 2.05) is 26.0 Å². The monoisotopic (exact) mass is 365 g/mol. The molecule has 0 fully saturated rings. The van der Waals surface area contributed by atoms with Crippen LogP contribution in [0.15, 0.2) is 33.7 Å². The average Bonchev–Trinajstić information content (AvgIpc) is 3.07. The van der Waals surface area contributed by atoms with Gasteiger partial charge in [0.2, 0.25) is 15.9 Å². The Morgan fingerprint density at radius 1 is 1.16 bits per heavy atom. The molecule has 25 heavy (non-hydrogen) atoms. The molecule has 6 nitrogen and oxygen atoms in total. The summed E-state index contributed by atoms with van der Waals surface area (Å²) in [5.74, 6) is 1.86. The van der Waals surface area contributed by atoms with Gasteiger partial charge >= 0.3 is 0 Å². The molecular weight excluding hydrogens is 338 g/mol. The summed E-state index contributed by atoms with van der Waals surface area (Å²) in [7, 11) is -3.49. The lowest BCUT2D eigenvalue weighted by Crippen LogP contribution is -2.25. The van der Waals surface area contributed by atoms with Crippen LogP contribution in [0, 0.1) is 0 Å². The third-order valence-electron chi connectivity index (χ3n) is 4.23. The second-order valence-corrected chi connectivity index (χ2v) is 8.35. The van der Waals surface area contributed by atoms with Crippen molar-refractivity contribution in [3.63, 3.8) is 0 Å². The zero-order chi connectivity index (χ0) is 18.4. The largest absolute Gasteiger partial charge is 0.339 e. The Kier molecular flexibility index (Phi) is 6.72. The standard InChI is InChI=1S/C18H27N3O3S/c1-5-14(4)15-8-10-16(11-9-15)25(22,23)19-12-6-7-17-20-18(13(2)3)21-24-17/h8-11,13-14,19H,5-7,12H2,1-4H3/t14-/m1/s1. The fourth-order valence-corrected chi connectivity index (χ4v) is 3.42. The molecule has 0 amide bonds. The van der Waals surface area contributed by atoms with Gasteiger partial charge in [-0.15, -0.1) is 0 Å². The molecular formula is C18H27N3O3S. The number of nitrogens with one attached hydrogen (secondary N) is 1. The Labute approximate surface area is 150 Å². The smallest absolute Gasteiger partial charge is 0.240 e. The number of sulfonamides is 1. The number of hydrogen-bond acceptors (Lipinski definition) is 5. The van der Waals surface area contributed by atoms with E-state index in [-0.39, 0.29) is 5.92 Å². The van der Waals surface area contributed by atoms with Gasteiger partial charge < -0.3 is 4.52 Å². The highest BCUT2D eigenvalue weighted by atomic mass is 32.2. The fraction of sp³-hybridized carbons (Fsp3) is 0.556. The summed E-state index contributed by atoms with van der Waals surface area (Å²) in [4.78, 5) is 4.57. The maximum absolute atomic E-state index is 12.3. The first-order valence-corrected chi connectivity index (χ1v) is 10.2. The van der Waals surface area contributed by atoms with E-state index in [4.69, 9.17) is 4.52 Å². The third-order valence-corrected chi connectivity index (χ3v) is 5.71. The number of aromatic nitrogens is 2. The Morgan fingerprint density at radius 3 is 2.40 bits per heavy atom. The molecule has 138 valence electrons. The number of rotatable bonds is 9. The van der Waals surface area contributed by atoms with Crippen molar-refractivity contribution in [2.24, 2.45) is 0 Å². The number of aryl methyl sites for hydroxylation is 1. The second-order valence-electron chi connectivity index (χ2n) is 6.58. The third kappa shape index (κ3) is 5.37. The van der Waals surface area contributed by atoms with Crippen LogP contribution in [0.4, 0.5) is 0 Å². The quantitative estimate of drug-likeness (QED) is 0.686. The van der Waals surface area contributed by atoms with E-state index in [1.165, 1.54) is 0 Å². The summed E-state index contributed by atoms with van der Waals surface area (Å²) in [5, 5.41) is 3.90. The van der Waals surface area contributed by atoms with Crippen molar-refractivity contribution in [2.45, 2.75) is 63.7 Å². The van der Waals surface area contributed by atoms with Crippen LogP contribution < -0.4 is 4.72 Å². The zero-order valence-corrected chi connectivity index (χ0v) is 16.1. The molecule has 0 unspecified atom stereocenters. The second kappa shape index (κ2) is 8.58. The first-order chi connectivity index (χ1) is 11.8. The van der Waals surface area contributed by atoms with Gasteiger partial charge in [-0.05, 0) is 36.5 Å². The van der Waals surface area contributed by atoms with Crippen LogP contribution in [0.1, 0.15) is 69.7 Å². The van der Waals surface area contributed by atoms with E-state index in [0.29, 0.717) is 41.9 Å². The van der Waals surface area contributed by atoms with E-state index < -0.39 is 10.0 Å². The minimum atomic E-state index is -3.49. The Hall–Kier alpha value is -1.73. The van der Waals surface area contributed by atoms with Crippen molar-refractivity contribution in [1.29, 1.82) is 0 Å². The normalized spacial score (nSPS) is 13.3. The molecule has 7 heteroatoms. The minimum absolute atomic E-state index is 0.217. The molecule has 1 atom stereocenters. The van der Waals surface area contributed by atoms with Crippen molar-refractivity contribution in [1.82, 2.24) is 14.9 Å². The van der Waals surface area contributed by atoms with E-state index >= 15 is 0 Å².